The Bertz CT molecular complexity index is 1080. The summed E-state index contributed by atoms with van der Waals surface area (Å²) in [5.74, 6) is -1.28. The first-order valence-corrected chi connectivity index (χ1v) is 10.6. The van der Waals surface area contributed by atoms with E-state index >= 15 is 0 Å². The zero-order valence-corrected chi connectivity index (χ0v) is 18.2. The van der Waals surface area contributed by atoms with Crippen LogP contribution in [0.3, 0.4) is 0 Å². The zero-order chi connectivity index (χ0) is 22.4. The van der Waals surface area contributed by atoms with Gasteiger partial charge in [0, 0.05) is 31.0 Å². The predicted octanol–water partition coefficient (Wildman–Crippen LogP) is 3.09. The molecule has 0 aliphatic rings. The van der Waals surface area contributed by atoms with Crippen LogP contribution in [0.25, 0.3) is 5.69 Å². The van der Waals surface area contributed by atoms with Crippen molar-refractivity contribution in [2.75, 3.05) is 32.3 Å². The normalized spacial score (nSPS) is 10.4. The smallest absolute Gasteiger partial charge is 0.357 e. The minimum absolute atomic E-state index is 0.133. The minimum atomic E-state index is -0.654. The molecule has 0 aliphatic heterocycles. The number of rotatable bonds is 7. The van der Waals surface area contributed by atoms with Gasteiger partial charge in [-0.25, -0.2) is 9.78 Å². The van der Waals surface area contributed by atoms with E-state index in [0.29, 0.717) is 16.4 Å². The number of aromatic nitrogens is 2. The Labute approximate surface area is 184 Å². The van der Waals surface area contributed by atoms with E-state index in [-0.39, 0.29) is 11.6 Å². The molecule has 0 fully saturated rings. The fourth-order valence-electron chi connectivity index (χ4n) is 2.81. The van der Waals surface area contributed by atoms with Gasteiger partial charge in [0.2, 0.25) is 0 Å². The van der Waals surface area contributed by atoms with Crippen LogP contribution in [0.5, 0.6) is 0 Å². The Morgan fingerprint density at radius 1 is 1.06 bits per heavy atom. The largest absolute Gasteiger partial charge is 0.451 e. The van der Waals surface area contributed by atoms with Gasteiger partial charge in [-0.2, -0.15) is 0 Å². The van der Waals surface area contributed by atoms with Crippen LogP contribution in [0.15, 0.2) is 66.0 Å². The quantitative estimate of drug-likeness (QED) is 0.450. The number of ether oxygens (including phenoxy) is 1. The summed E-state index contributed by atoms with van der Waals surface area (Å²) in [6.07, 6.45) is 3.29. The number of carbonyl (C=O) groups excluding carboxylic acids is 3. The van der Waals surface area contributed by atoms with Crippen LogP contribution in [0.4, 0.5) is 5.69 Å². The predicted molar refractivity (Wildman–Crippen MR) is 119 cm³/mol. The third kappa shape index (κ3) is 5.32. The molecule has 0 aliphatic carbocycles. The van der Waals surface area contributed by atoms with Crippen molar-refractivity contribution < 1.29 is 19.1 Å². The molecule has 0 saturated carbocycles. The number of esters is 1. The number of para-hydroxylation sites is 1. The molecule has 3 rings (SSSR count). The number of anilines is 1. The van der Waals surface area contributed by atoms with Gasteiger partial charge in [-0.3, -0.25) is 14.2 Å². The summed E-state index contributed by atoms with van der Waals surface area (Å²) in [5, 5.41) is 3.27. The molecule has 0 bridgehead atoms. The van der Waals surface area contributed by atoms with Crippen molar-refractivity contribution in [1.29, 1.82) is 0 Å². The lowest BCUT2D eigenvalue weighted by Crippen LogP contribution is -2.23. The maximum atomic E-state index is 12.6. The van der Waals surface area contributed by atoms with Crippen LogP contribution in [-0.4, -0.2) is 59.2 Å². The SMILES string of the molecule is CSc1ncc(C(=O)OCC(=O)Nc2ccc(C(=O)N(C)C)cc2)n1-c1ccccc1. The number of imidazole rings is 1. The van der Waals surface area contributed by atoms with Crippen LogP contribution in [0.2, 0.25) is 0 Å². The molecule has 31 heavy (non-hydrogen) atoms. The summed E-state index contributed by atoms with van der Waals surface area (Å²) in [6.45, 7) is -0.453. The zero-order valence-electron chi connectivity index (χ0n) is 17.4. The Hall–Kier alpha value is -3.59. The molecule has 8 nitrogen and oxygen atoms in total. The molecule has 0 unspecified atom stereocenters. The first-order chi connectivity index (χ1) is 14.9. The Balaban J connectivity index is 1.63. The Morgan fingerprint density at radius 3 is 2.35 bits per heavy atom. The second-order valence-corrected chi connectivity index (χ2v) is 7.48. The molecule has 2 amide bonds. The van der Waals surface area contributed by atoms with Crippen LogP contribution in [0, 0.1) is 0 Å². The molecule has 0 saturated heterocycles. The van der Waals surface area contributed by atoms with Crippen molar-refractivity contribution >= 4 is 35.2 Å². The van der Waals surface area contributed by atoms with Crippen molar-refractivity contribution in [3.05, 3.63) is 72.1 Å². The third-order valence-electron chi connectivity index (χ3n) is 4.29. The van der Waals surface area contributed by atoms with E-state index in [1.54, 1.807) is 42.9 Å². The molecular formula is C22H22N4O4S. The van der Waals surface area contributed by atoms with E-state index in [4.69, 9.17) is 4.74 Å². The second-order valence-electron chi connectivity index (χ2n) is 6.70. The highest BCUT2D eigenvalue weighted by Gasteiger charge is 2.20. The summed E-state index contributed by atoms with van der Waals surface area (Å²) in [5.41, 5.74) is 2.01. The molecule has 9 heteroatoms. The molecule has 1 N–H and O–H groups in total. The third-order valence-corrected chi connectivity index (χ3v) is 4.94. The summed E-state index contributed by atoms with van der Waals surface area (Å²) >= 11 is 1.40. The number of hydrogen-bond acceptors (Lipinski definition) is 6. The fourth-order valence-corrected chi connectivity index (χ4v) is 3.35. The van der Waals surface area contributed by atoms with Gasteiger partial charge in [-0.05, 0) is 42.7 Å². The van der Waals surface area contributed by atoms with Crippen LogP contribution < -0.4 is 5.32 Å². The van der Waals surface area contributed by atoms with E-state index in [1.165, 1.54) is 22.9 Å². The molecule has 0 atom stereocenters. The number of benzene rings is 2. The summed E-state index contributed by atoms with van der Waals surface area (Å²) in [4.78, 5) is 42.4. The summed E-state index contributed by atoms with van der Waals surface area (Å²) in [7, 11) is 3.33. The van der Waals surface area contributed by atoms with Crippen LogP contribution in [0.1, 0.15) is 20.8 Å². The molecule has 1 heterocycles. The lowest BCUT2D eigenvalue weighted by atomic mass is 10.2. The number of hydrogen-bond donors (Lipinski definition) is 1. The monoisotopic (exact) mass is 438 g/mol. The van der Waals surface area contributed by atoms with Gasteiger partial charge in [0.15, 0.2) is 17.5 Å². The van der Waals surface area contributed by atoms with E-state index in [9.17, 15) is 14.4 Å². The van der Waals surface area contributed by atoms with Gasteiger partial charge < -0.3 is 15.0 Å². The Kier molecular flexibility index (Phi) is 7.09. The van der Waals surface area contributed by atoms with E-state index in [0.717, 1.165) is 5.69 Å². The standard InChI is InChI=1S/C22H22N4O4S/c1-25(2)20(28)15-9-11-16(12-10-15)24-19(27)14-30-21(29)18-13-23-22(31-3)26(18)17-7-5-4-6-8-17/h4-13H,14H2,1-3H3,(H,24,27). The van der Waals surface area contributed by atoms with Crippen molar-refractivity contribution in [3.8, 4) is 5.69 Å². The number of nitrogens with one attached hydrogen (secondary N) is 1. The molecule has 2 aromatic carbocycles. The molecule has 0 radical (unpaired) electrons. The first kappa shape index (κ1) is 22.1. The maximum Gasteiger partial charge on any atom is 0.357 e. The molecule has 3 aromatic rings. The maximum absolute atomic E-state index is 12.6. The number of amides is 2. The molecule has 1 aromatic heterocycles. The average molecular weight is 439 g/mol. The van der Waals surface area contributed by atoms with Gasteiger partial charge >= 0.3 is 5.97 Å². The number of thioether (sulfide) groups is 1. The van der Waals surface area contributed by atoms with Gasteiger partial charge in [-0.1, -0.05) is 30.0 Å². The van der Waals surface area contributed by atoms with Crippen molar-refractivity contribution in [1.82, 2.24) is 14.5 Å². The van der Waals surface area contributed by atoms with Gasteiger partial charge in [0.05, 0.1) is 6.20 Å². The minimum Gasteiger partial charge on any atom is -0.451 e. The highest BCUT2D eigenvalue weighted by atomic mass is 32.2. The Morgan fingerprint density at radius 2 is 1.74 bits per heavy atom. The fraction of sp³-hybridized carbons (Fsp3) is 0.182. The summed E-state index contributed by atoms with van der Waals surface area (Å²) in [6, 6.07) is 15.8. The highest BCUT2D eigenvalue weighted by molar-refractivity contribution is 7.98. The average Bonchev–Trinajstić information content (AvgIpc) is 3.22. The van der Waals surface area contributed by atoms with Crippen LogP contribution >= 0.6 is 11.8 Å². The topological polar surface area (TPSA) is 93.5 Å². The summed E-state index contributed by atoms with van der Waals surface area (Å²) < 4.78 is 6.88. The number of nitrogens with zero attached hydrogens (tertiary/aromatic N) is 3. The first-order valence-electron chi connectivity index (χ1n) is 9.36. The van der Waals surface area contributed by atoms with E-state index in [1.807, 2.05) is 36.6 Å². The van der Waals surface area contributed by atoms with Crippen LogP contribution in [-0.2, 0) is 9.53 Å². The van der Waals surface area contributed by atoms with Crippen molar-refractivity contribution in [2.24, 2.45) is 0 Å². The lowest BCUT2D eigenvalue weighted by molar-refractivity contribution is -0.119. The van der Waals surface area contributed by atoms with Gasteiger partial charge in [0.25, 0.3) is 11.8 Å². The number of carbonyl (C=O) groups is 3. The van der Waals surface area contributed by atoms with Gasteiger partial charge in [0.1, 0.15) is 0 Å². The van der Waals surface area contributed by atoms with E-state index < -0.39 is 18.5 Å². The molecule has 0 spiro atoms. The van der Waals surface area contributed by atoms with Gasteiger partial charge in [-0.15, -0.1) is 0 Å². The van der Waals surface area contributed by atoms with Crippen molar-refractivity contribution in [2.45, 2.75) is 5.16 Å². The second kappa shape index (κ2) is 9.94. The molecular weight excluding hydrogens is 416 g/mol. The highest BCUT2D eigenvalue weighted by Crippen LogP contribution is 2.22. The lowest BCUT2D eigenvalue weighted by Gasteiger charge is -2.12. The molecule has 160 valence electrons. The van der Waals surface area contributed by atoms with E-state index in [2.05, 4.69) is 10.3 Å². The van der Waals surface area contributed by atoms with Crippen molar-refractivity contribution in [3.63, 3.8) is 0 Å².